The lowest BCUT2D eigenvalue weighted by Crippen LogP contribution is -2.21. The summed E-state index contributed by atoms with van der Waals surface area (Å²) in [6, 6.07) is 0.364. The maximum Gasteiger partial charge on any atom is 0.254 e. The van der Waals surface area contributed by atoms with Gasteiger partial charge in [-0.05, 0) is 25.7 Å². The van der Waals surface area contributed by atoms with Crippen molar-refractivity contribution in [1.29, 1.82) is 0 Å². The van der Waals surface area contributed by atoms with Crippen LogP contribution in [0.25, 0.3) is 0 Å². The van der Waals surface area contributed by atoms with Crippen molar-refractivity contribution in [3.8, 4) is 0 Å². The molecule has 0 spiro atoms. The Morgan fingerprint density at radius 1 is 1.60 bits per heavy atom. The van der Waals surface area contributed by atoms with E-state index in [2.05, 4.69) is 5.10 Å². The third kappa shape index (κ3) is 1.48. The van der Waals surface area contributed by atoms with Gasteiger partial charge in [0.25, 0.3) is 5.91 Å². The monoisotopic (exact) mass is 208 g/mol. The molecule has 1 aromatic rings. The zero-order chi connectivity index (χ0) is 11.0. The van der Waals surface area contributed by atoms with Crippen LogP contribution in [0.2, 0.25) is 0 Å². The van der Waals surface area contributed by atoms with E-state index < -0.39 is 5.91 Å². The predicted octanol–water partition coefficient (Wildman–Crippen LogP) is 0.852. The van der Waals surface area contributed by atoms with E-state index >= 15 is 0 Å². The lowest BCUT2D eigenvalue weighted by atomic mass is 9.93. The Labute approximate surface area is 88.4 Å². The quantitative estimate of drug-likeness (QED) is 0.772. The first-order chi connectivity index (χ1) is 7.15. The number of carbonyl (C=O) groups is 1. The molecule has 1 aliphatic carbocycles. The SMILES string of the molecule is CCc1nn(C2CCC2)c(N)c1C(N)=O. The Morgan fingerprint density at radius 3 is 2.60 bits per heavy atom. The summed E-state index contributed by atoms with van der Waals surface area (Å²) < 4.78 is 1.77. The summed E-state index contributed by atoms with van der Waals surface area (Å²) >= 11 is 0. The van der Waals surface area contributed by atoms with Crippen LogP contribution in [0.5, 0.6) is 0 Å². The number of carbonyl (C=O) groups excluding carboxylic acids is 1. The van der Waals surface area contributed by atoms with E-state index in [1.807, 2.05) is 6.92 Å². The van der Waals surface area contributed by atoms with Gasteiger partial charge >= 0.3 is 0 Å². The number of anilines is 1. The molecule has 1 saturated carbocycles. The highest BCUT2D eigenvalue weighted by atomic mass is 16.1. The normalized spacial score (nSPS) is 16.3. The average molecular weight is 208 g/mol. The molecular weight excluding hydrogens is 192 g/mol. The van der Waals surface area contributed by atoms with E-state index in [0.29, 0.717) is 29.5 Å². The van der Waals surface area contributed by atoms with Gasteiger partial charge in [-0.2, -0.15) is 5.10 Å². The van der Waals surface area contributed by atoms with Crippen LogP contribution in [0.15, 0.2) is 0 Å². The molecule has 1 amide bonds. The highest BCUT2D eigenvalue weighted by Gasteiger charge is 2.26. The van der Waals surface area contributed by atoms with Crippen molar-refractivity contribution in [2.45, 2.75) is 38.6 Å². The van der Waals surface area contributed by atoms with Gasteiger partial charge in [0.1, 0.15) is 11.4 Å². The lowest BCUT2D eigenvalue weighted by molar-refractivity contribution is 0.1000. The van der Waals surface area contributed by atoms with Crippen molar-refractivity contribution in [2.75, 3.05) is 5.73 Å². The molecule has 0 unspecified atom stereocenters. The number of hydrogen-bond donors (Lipinski definition) is 2. The largest absolute Gasteiger partial charge is 0.383 e. The van der Waals surface area contributed by atoms with Crippen molar-refractivity contribution in [1.82, 2.24) is 9.78 Å². The Hall–Kier alpha value is -1.52. The standard InChI is InChI=1S/C10H16N4O/c1-2-7-8(10(12)15)9(11)14(13-7)6-4-3-5-6/h6H,2-5,11H2,1H3,(H2,12,15). The number of nitrogens with two attached hydrogens (primary N) is 2. The Bertz CT molecular complexity index is 392. The van der Waals surface area contributed by atoms with E-state index in [0.717, 1.165) is 12.8 Å². The van der Waals surface area contributed by atoms with Crippen LogP contribution < -0.4 is 11.5 Å². The third-order valence-corrected chi connectivity index (χ3v) is 3.02. The van der Waals surface area contributed by atoms with Gasteiger partial charge in [0.15, 0.2) is 0 Å². The van der Waals surface area contributed by atoms with Gasteiger partial charge in [-0.3, -0.25) is 4.79 Å². The number of rotatable bonds is 3. The molecule has 5 nitrogen and oxygen atoms in total. The molecule has 0 saturated heterocycles. The Morgan fingerprint density at radius 2 is 2.27 bits per heavy atom. The Kier molecular flexibility index (Phi) is 2.38. The molecule has 0 aliphatic heterocycles. The number of aryl methyl sites for hydroxylation is 1. The summed E-state index contributed by atoms with van der Waals surface area (Å²) in [7, 11) is 0. The summed E-state index contributed by atoms with van der Waals surface area (Å²) in [6.45, 7) is 1.94. The summed E-state index contributed by atoms with van der Waals surface area (Å²) in [4.78, 5) is 11.2. The molecule has 2 rings (SSSR count). The topological polar surface area (TPSA) is 86.9 Å². The van der Waals surface area contributed by atoms with Crippen molar-refractivity contribution >= 4 is 11.7 Å². The van der Waals surface area contributed by atoms with Gasteiger partial charge in [-0.25, -0.2) is 4.68 Å². The second-order valence-electron chi connectivity index (χ2n) is 3.95. The molecule has 0 bridgehead atoms. The predicted molar refractivity (Wildman–Crippen MR) is 57.4 cm³/mol. The van der Waals surface area contributed by atoms with Gasteiger partial charge in [0, 0.05) is 0 Å². The Balaban J connectivity index is 2.44. The van der Waals surface area contributed by atoms with E-state index in [9.17, 15) is 4.79 Å². The molecular formula is C10H16N4O. The minimum absolute atomic E-state index is 0.364. The number of aromatic nitrogens is 2. The van der Waals surface area contributed by atoms with Gasteiger partial charge in [0.2, 0.25) is 0 Å². The summed E-state index contributed by atoms with van der Waals surface area (Å²) in [5.41, 5.74) is 12.3. The fourth-order valence-corrected chi connectivity index (χ4v) is 1.92. The fraction of sp³-hybridized carbons (Fsp3) is 0.600. The number of hydrogen-bond acceptors (Lipinski definition) is 3. The van der Waals surface area contributed by atoms with E-state index in [1.165, 1.54) is 6.42 Å². The lowest BCUT2D eigenvalue weighted by Gasteiger charge is -2.26. The fourth-order valence-electron chi connectivity index (χ4n) is 1.92. The molecule has 0 aromatic carbocycles. The highest BCUT2D eigenvalue weighted by molar-refractivity contribution is 5.98. The minimum Gasteiger partial charge on any atom is -0.383 e. The molecule has 82 valence electrons. The molecule has 5 heteroatoms. The first-order valence-electron chi connectivity index (χ1n) is 5.31. The number of amides is 1. The van der Waals surface area contributed by atoms with E-state index in [4.69, 9.17) is 11.5 Å². The summed E-state index contributed by atoms with van der Waals surface area (Å²) in [5.74, 6) is -0.0426. The van der Waals surface area contributed by atoms with Crippen molar-refractivity contribution < 1.29 is 4.79 Å². The van der Waals surface area contributed by atoms with Crippen LogP contribution in [-0.2, 0) is 6.42 Å². The van der Waals surface area contributed by atoms with Crippen LogP contribution in [0.4, 0.5) is 5.82 Å². The molecule has 1 heterocycles. The zero-order valence-electron chi connectivity index (χ0n) is 8.86. The maximum atomic E-state index is 11.2. The molecule has 4 N–H and O–H groups in total. The molecule has 1 aromatic heterocycles. The number of nitrogens with zero attached hydrogens (tertiary/aromatic N) is 2. The highest BCUT2D eigenvalue weighted by Crippen LogP contribution is 2.34. The van der Waals surface area contributed by atoms with Gasteiger partial charge in [0.05, 0.1) is 11.7 Å². The van der Waals surface area contributed by atoms with Crippen molar-refractivity contribution in [3.63, 3.8) is 0 Å². The molecule has 15 heavy (non-hydrogen) atoms. The first kappa shape index (κ1) is 10.0. The molecule has 0 radical (unpaired) electrons. The minimum atomic E-state index is -0.477. The summed E-state index contributed by atoms with van der Waals surface area (Å²) in [6.07, 6.45) is 4.07. The number of nitrogen functional groups attached to an aromatic ring is 1. The van der Waals surface area contributed by atoms with Crippen molar-refractivity contribution in [3.05, 3.63) is 11.3 Å². The first-order valence-corrected chi connectivity index (χ1v) is 5.31. The van der Waals surface area contributed by atoms with Gasteiger partial charge in [-0.15, -0.1) is 0 Å². The zero-order valence-corrected chi connectivity index (χ0v) is 8.86. The molecule has 1 aliphatic rings. The maximum absolute atomic E-state index is 11.2. The molecule has 1 fully saturated rings. The second-order valence-corrected chi connectivity index (χ2v) is 3.95. The van der Waals surface area contributed by atoms with Crippen LogP contribution in [-0.4, -0.2) is 15.7 Å². The summed E-state index contributed by atoms with van der Waals surface area (Å²) in [5, 5.41) is 4.36. The average Bonchev–Trinajstić information content (AvgIpc) is 2.41. The third-order valence-electron chi connectivity index (χ3n) is 3.02. The van der Waals surface area contributed by atoms with Crippen LogP contribution in [0.3, 0.4) is 0 Å². The number of primary amides is 1. The smallest absolute Gasteiger partial charge is 0.254 e. The van der Waals surface area contributed by atoms with Crippen LogP contribution >= 0.6 is 0 Å². The van der Waals surface area contributed by atoms with Gasteiger partial charge < -0.3 is 11.5 Å². The molecule has 0 atom stereocenters. The second kappa shape index (κ2) is 3.56. The van der Waals surface area contributed by atoms with Crippen LogP contribution in [0.1, 0.15) is 48.3 Å². The van der Waals surface area contributed by atoms with Crippen molar-refractivity contribution in [2.24, 2.45) is 5.73 Å². The van der Waals surface area contributed by atoms with E-state index in [-0.39, 0.29) is 0 Å². The van der Waals surface area contributed by atoms with E-state index in [1.54, 1.807) is 4.68 Å². The van der Waals surface area contributed by atoms with Crippen LogP contribution in [0, 0.1) is 0 Å². The van der Waals surface area contributed by atoms with Gasteiger partial charge in [-0.1, -0.05) is 6.92 Å².